The molecule has 6 heteroatoms. The van der Waals surface area contributed by atoms with Crippen molar-refractivity contribution < 1.29 is 28.6 Å². The second kappa shape index (κ2) is 58.4. The summed E-state index contributed by atoms with van der Waals surface area (Å²) in [6.45, 7) is 6.36. The lowest BCUT2D eigenvalue weighted by molar-refractivity contribution is -0.167. The Kier molecular flexibility index (Phi) is 54.9. The summed E-state index contributed by atoms with van der Waals surface area (Å²) in [5.74, 6) is -0.925. The molecular formula is C65H106O6. The molecular weight excluding hydrogens is 877 g/mol. The average Bonchev–Trinajstić information content (AvgIpc) is 3.37. The van der Waals surface area contributed by atoms with E-state index in [9.17, 15) is 14.4 Å². The smallest absolute Gasteiger partial charge is 0.306 e. The Morgan fingerprint density at radius 2 is 0.549 bits per heavy atom. The molecule has 0 rings (SSSR count). The van der Waals surface area contributed by atoms with Gasteiger partial charge in [0.15, 0.2) is 6.10 Å². The minimum Gasteiger partial charge on any atom is -0.462 e. The Hall–Kier alpha value is -4.19. The van der Waals surface area contributed by atoms with Crippen molar-refractivity contribution in [2.24, 2.45) is 0 Å². The van der Waals surface area contributed by atoms with Crippen LogP contribution in [0, 0.1) is 0 Å². The third kappa shape index (κ3) is 56.6. The fourth-order valence-electron chi connectivity index (χ4n) is 7.67. The van der Waals surface area contributed by atoms with E-state index in [0.717, 1.165) is 148 Å². The Labute approximate surface area is 437 Å². The number of carbonyl (C=O) groups is 3. The highest BCUT2D eigenvalue weighted by Crippen LogP contribution is 2.14. The minimum atomic E-state index is -0.795. The van der Waals surface area contributed by atoms with Crippen LogP contribution in [-0.4, -0.2) is 37.2 Å². The quantitative estimate of drug-likeness (QED) is 0.0261. The first-order chi connectivity index (χ1) is 35.0. The molecule has 0 saturated heterocycles. The summed E-state index contributed by atoms with van der Waals surface area (Å²) < 4.78 is 16.8. The van der Waals surface area contributed by atoms with Gasteiger partial charge in [0.25, 0.3) is 0 Å². The van der Waals surface area contributed by atoms with E-state index in [1.165, 1.54) is 64.2 Å². The van der Waals surface area contributed by atoms with Gasteiger partial charge in [-0.3, -0.25) is 14.4 Å². The molecule has 0 amide bonds. The molecule has 1 unspecified atom stereocenters. The molecule has 0 heterocycles. The third-order valence-corrected chi connectivity index (χ3v) is 12.0. The number of hydrogen-bond acceptors (Lipinski definition) is 6. The van der Waals surface area contributed by atoms with Crippen molar-refractivity contribution in [2.45, 2.75) is 258 Å². The predicted molar refractivity (Wildman–Crippen MR) is 306 cm³/mol. The maximum atomic E-state index is 12.8. The fourth-order valence-corrected chi connectivity index (χ4v) is 7.67. The lowest BCUT2D eigenvalue weighted by Crippen LogP contribution is -2.30. The van der Waals surface area contributed by atoms with Crippen LogP contribution in [0.3, 0.4) is 0 Å². The van der Waals surface area contributed by atoms with Gasteiger partial charge in [0.05, 0.1) is 0 Å². The number of unbranched alkanes of at least 4 members (excludes halogenated alkanes) is 20. The van der Waals surface area contributed by atoms with Crippen molar-refractivity contribution in [3.05, 3.63) is 122 Å². The van der Waals surface area contributed by atoms with Crippen LogP contribution in [0.2, 0.25) is 0 Å². The number of allylic oxidation sites excluding steroid dienone is 20. The van der Waals surface area contributed by atoms with Crippen LogP contribution < -0.4 is 0 Å². The SMILES string of the molecule is CC/C=C\C/C=C\C/C=C\C/C=C\C/C=C\CCCCCCCCCC(=O)OCC(COC(=O)CCCCCCCCCCC)OC(=O)CCCCCCC/C=C\C/C=C\C/C=C\C/C=C\C/C=C\CC. The molecule has 0 aliphatic carbocycles. The van der Waals surface area contributed by atoms with E-state index < -0.39 is 6.10 Å². The third-order valence-electron chi connectivity index (χ3n) is 12.0. The van der Waals surface area contributed by atoms with Crippen molar-refractivity contribution in [1.82, 2.24) is 0 Å². The monoisotopic (exact) mass is 983 g/mol. The van der Waals surface area contributed by atoms with Crippen LogP contribution >= 0.6 is 0 Å². The normalized spacial score (nSPS) is 13.0. The van der Waals surface area contributed by atoms with Crippen molar-refractivity contribution in [3.8, 4) is 0 Å². The van der Waals surface area contributed by atoms with Gasteiger partial charge in [0.1, 0.15) is 13.2 Å². The molecule has 6 nitrogen and oxygen atoms in total. The van der Waals surface area contributed by atoms with E-state index in [2.05, 4.69) is 142 Å². The van der Waals surface area contributed by atoms with Gasteiger partial charge >= 0.3 is 17.9 Å². The molecule has 0 aliphatic heterocycles. The largest absolute Gasteiger partial charge is 0.462 e. The summed E-state index contributed by atoms with van der Waals surface area (Å²) in [7, 11) is 0. The summed E-state index contributed by atoms with van der Waals surface area (Å²) in [5.41, 5.74) is 0. The molecule has 0 aromatic carbocycles. The number of esters is 3. The standard InChI is InChI=1S/C65H106O6/c1-4-7-10-13-16-19-21-23-25-27-29-31-32-34-35-37-39-41-43-46-49-52-55-58-64(67)70-61-62(60-69-63(66)57-54-51-48-45-18-15-12-9-6-3)71-65(68)59-56-53-50-47-44-42-40-38-36-33-30-28-26-24-22-20-17-14-11-8-5-2/h7-8,10-11,16-17,19-20,23-26,29-31,33-35,38,40,62H,4-6,9,12-15,18,21-22,27-28,32,36-37,39,41-61H2,1-3H3/b10-7-,11-8-,19-16-,20-17-,25-23-,26-24-,31-29-,33-30-,35-34-,40-38-. The van der Waals surface area contributed by atoms with E-state index in [1.54, 1.807) is 0 Å². The second-order valence-electron chi connectivity index (χ2n) is 18.8. The molecule has 0 aromatic heterocycles. The molecule has 1 atom stereocenters. The van der Waals surface area contributed by atoms with E-state index >= 15 is 0 Å². The highest BCUT2D eigenvalue weighted by atomic mass is 16.6. The molecule has 0 fully saturated rings. The molecule has 0 bridgehead atoms. The zero-order chi connectivity index (χ0) is 51.4. The van der Waals surface area contributed by atoms with Crippen molar-refractivity contribution >= 4 is 17.9 Å². The van der Waals surface area contributed by atoms with E-state index in [1.807, 2.05) is 0 Å². The van der Waals surface area contributed by atoms with Gasteiger partial charge in [0.2, 0.25) is 0 Å². The highest BCUT2D eigenvalue weighted by molar-refractivity contribution is 5.71. The summed E-state index contributed by atoms with van der Waals surface area (Å²) in [6.07, 6.45) is 80.5. The first-order valence-electron chi connectivity index (χ1n) is 29.0. The fraction of sp³-hybridized carbons (Fsp3) is 0.646. The topological polar surface area (TPSA) is 78.9 Å². The molecule has 0 spiro atoms. The second-order valence-corrected chi connectivity index (χ2v) is 18.8. The summed E-state index contributed by atoms with van der Waals surface area (Å²) in [5, 5.41) is 0. The van der Waals surface area contributed by atoms with Crippen LogP contribution in [0.1, 0.15) is 252 Å². The van der Waals surface area contributed by atoms with Gasteiger partial charge < -0.3 is 14.2 Å². The Morgan fingerprint density at radius 3 is 0.859 bits per heavy atom. The number of carbonyl (C=O) groups excluding carboxylic acids is 3. The van der Waals surface area contributed by atoms with E-state index in [0.29, 0.717) is 19.3 Å². The van der Waals surface area contributed by atoms with Gasteiger partial charge in [-0.1, -0.05) is 245 Å². The minimum absolute atomic E-state index is 0.0911. The lowest BCUT2D eigenvalue weighted by Gasteiger charge is -2.18. The number of hydrogen-bond donors (Lipinski definition) is 0. The van der Waals surface area contributed by atoms with Gasteiger partial charge in [-0.05, 0) is 109 Å². The molecule has 0 aliphatic rings. The van der Waals surface area contributed by atoms with Gasteiger partial charge in [0, 0.05) is 19.3 Å². The maximum Gasteiger partial charge on any atom is 0.306 e. The first-order valence-corrected chi connectivity index (χ1v) is 29.0. The van der Waals surface area contributed by atoms with Crippen molar-refractivity contribution in [2.75, 3.05) is 13.2 Å². The van der Waals surface area contributed by atoms with Crippen LogP contribution in [0.15, 0.2) is 122 Å². The van der Waals surface area contributed by atoms with Crippen LogP contribution in [0.5, 0.6) is 0 Å². The van der Waals surface area contributed by atoms with Crippen molar-refractivity contribution in [3.63, 3.8) is 0 Å². The molecule has 0 aromatic rings. The molecule has 71 heavy (non-hydrogen) atoms. The van der Waals surface area contributed by atoms with Crippen LogP contribution in [0.4, 0.5) is 0 Å². The van der Waals surface area contributed by atoms with Crippen LogP contribution in [-0.2, 0) is 28.6 Å². The molecule has 0 N–H and O–H groups in total. The lowest BCUT2D eigenvalue weighted by atomic mass is 10.1. The van der Waals surface area contributed by atoms with E-state index in [-0.39, 0.29) is 31.1 Å². The molecule has 0 radical (unpaired) electrons. The maximum absolute atomic E-state index is 12.8. The van der Waals surface area contributed by atoms with Crippen LogP contribution in [0.25, 0.3) is 0 Å². The predicted octanol–water partition coefficient (Wildman–Crippen LogP) is 19.6. The van der Waals surface area contributed by atoms with E-state index in [4.69, 9.17) is 14.2 Å². The highest BCUT2D eigenvalue weighted by Gasteiger charge is 2.19. The summed E-state index contributed by atoms with van der Waals surface area (Å²) in [6, 6.07) is 0. The van der Waals surface area contributed by atoms with Gasteiger partial charge in [-0.2, -0.15) is 0 Å². The Balaban J connectivity index is 4.36. The zero-order valence-electron chi connectivity index (χ0n) is 45.9. The zero-order valence-corrected chi connectivity index (χ0v) is 45.9. The van der Waals surface area contributed by atoms with Gasteiger partial charge in [-0.25, -0.2) is 0 Å². The first kappa shape index (κ1) is 66.8. The average molecular weight is 984 g/mol. The summed E-state index contributed by atoms with van der Waals surface area (Å²) in [4.78, 5) is 38.1. The van der Waals surface area contributed by atoms with Gasteiger partial charge in [-0.15, -0.1) is 0 Å². The summed E-state index contributed by atoms with van der Waals surface area (Å²) >= 11 is 0. The number of rotatable bonds is 51. The van der Waals surface area contributed by atoms with Crippen molar-refractivity contribution in [1.29, 1.82) is 0 Å². The molecule has 0 saturated carbocycles. The Bertz CT molecular complexity index is 1500. The number of ether oxygens (including phenoxy) is 3. The molecule has 402 valence electrons. The Morgan fingerprint density at radius 1 is 0.296 bits per heavy atom.